The number of nitriles is 1. The summed E-state index contributed by atoms with van der Waals surface area (Å²) in [5, 5.41) is 9.50. The number of hydrogen-bond acceptors (Lipinski definition) is 1. The summed E-state index contributed by atoms with van der Waals surface area (Å²) in [5.74, 6) is 0.634. The lowest BCUT2D eigenvalue weighted by Gasteiger charge is -2.28. The lowest BCUT2D eigenvalue weighted by Crippen LogP contribution is -2.17. The van der Waals surface area contributed by atoms with Gasteiger partial charge in [-0.05, 0) is 17.5 Å². The summed E-state index contributed by atoms with van der Waals surface area (Å²) >= 11 is 0. The molecule has 0 heterocycles. The van der Waals surface area contributed by atoms with E-state index in [2.05, 4.69) is 54.6 Å². The van der Waals surface area contributed by atoms with Crippen molar-refractivity contribution < 1.29 is 0 Å². The largest absolute Gasteiger partial charge is 0.198 e. The summed E-state index contributed by atoms with van der Waals surface area (Å²) in [6, 6.07) is 23.3. The Labute approximate surface area is 120 Å². The Morgan fingerprint density at radius 3 is 2.00 bits per heavy atom. The molecule has 0 saturated heterocycles. The lowest BCUT2D eigenvalue weighted by molar-refractivity contribution is 0.495. The van der Waals surface area contributed by atoms with E-state index < -0.39 is 0 Å². The van der Waals surface area contributed by atoms with Gasteiger partial charge in [0, 0.05) is 11.8 Å². The minimum Gasteiger partial charge on any atom is -0.198 e. The fourth-order valence-electron chi connectivity index (χ4n) is 2.99. The van der Waals surface area contributed by atoms with Crippen LogP contribution in [0.2, 0.25) is 0 Å². The molecular weight excluding hydrogens is 242 g/mol. The van der Waals surface area contributed by atoms with E-state index in [0.29, 0.717) is 5.92 Å². The van der Waals surface area contributed by atoms with Crippen molar-refractivity contribution in [3.05, 3.63) is 83.9 Å². The van der Waals surface area contributed by atoms with Crippen LogP contribution in [0.3, 0.4) is 0 Å². The van der Waals surface area contributed by atoms with Crippen molar-refractivity contribution >= 4 is 0 Å². The predicted molar refractivity (Wildman–Crippen MR) is 81.2 cm³/mol. The van der Waals surface area contributed by atoms with E-state index in [1.807, 2.05) is 24.3 Å². The van der Waals surface area contributed by atoms with E-state index in [-0.39, 0.29) is 11.8 Å². The third kappa shape index (κ3) is 2.51. The van der Waals surface area contributed by atoms with E-state index in [4.69, 9.17) is 0 Å². The minimum atomic E-state index is 0.0487. The summed E-state index contributed by atoms with van der Waals surface area (Å²) < 4.78 is 0. The van der Waals surface area contributed by atoms with E-state index in [1.54, 1.807) is 0 Å². The van der Waals surface area contributed by atoms with Crippen molar-refractivity contribution in [2.45, 2.75) is 18.3 Å². The van der Waals surface area contributed by atoms with Gasteiger partial charge in [0.05, 0.1) is 12.0 Å². The summed E-state index contributed by atoms with van der Waals surface area (Å²) in [5.41, 5.74) is 2.54. The normalized spacial score (nSPS) is 25.1. The van der Waals surface area contributed by atoms with Gasteiger partial charge in [0.1, 0.15) is 0 Å². The molecule has 1 aliphatic rings. The number of nitrogens with zero attached hydrogens (tertiary/aromatic N) is 1. The smallest absolute Gasteiger partial charge is 0.0665 e. The van der Waals surface area contributed by atoms with Gasteiger partial charge >= 0.3 is 0 Å². The highest BCUT2D eigenvalue weighted by Gasteiger charge is 2.28. The first-order valence-electron chi connectivity index (χ1n) is 7.06. The molecule has 2 aromatic carbocycles. The Kier molecular flexibility index (Phi) is 3.65. The van der Waals surface area contributed by atoms with E-state index in [0.717, 1.165) is 6.42 Å². The second-order valence-corrected chi connectivity index (χ2v) is 5.31. The maximum atomic E-state index is 9.50. The minimum absolute atomic E-state index is 0.0487. The average molecular weight is 259 g/mol. The highest BCUT2D eigenvalue weighted by molar-refractivity contribution is 5.33. The molecule has 1 heteroatoms. The molecule has 0 aromatic heterocycles. The molecule has 2 aromatic rings. The first kappa shape index (κ1) is 12.7. The van der Waals surface area contributed by atoms with E-state index >= 15 is 0 Å². The molecule has 20 heavy (non-hydrogen) atoms. The van der Waals surface area contributed by atoms with Crippen LogP contribution in [-0.4, -0.2) is 0 Å². The molecule has 3 unspecified atom stereocenters. The zero-order valence-electron chi connectivity index (χ0n) is 11.3. The zero-order valence-corrected chi connectivity index (χ0v) is 11.3. The van der Waals surface area contributed by atoms with Crippen LogP contribution in [0.25, 0.3) is 0 Å². The Balaban J connectivity index is 1.88. The van der Waals surface area contributed by atoms with Crippen LogP contribution in [0.1, 0.15) is 29.4 Å². The zero-order chi connectivity index (χ0) is 13.8. The average Bonchev–Trinajstić information content (AvgIpc) is 2.56. The maximum absolute atomic E-state index is 9.50. The molecule has 0 N–H and O–H groups in total. The standard InChI is InChI=1S/C19H17N/c20-14-18-13-17(15-7-3-1-4-8-15)11-12-19(18)16-9-5-2-6-10-16/h1-12,17-19H,13H2. The molecule has 3 atom stereocenters. The summed E-state index contributed by atoms with van der Waals surface area (Å²) in [6.07, 6.45) is 5.38. The van der Waals surface area contributed by atoms with Crippen molar-refractivity contribution in [1.29, 1.82) is 5.26 Å². The van der Waals surface area contributed by atoms with Gasteiger partial charge in [-0.1, -0.05) is 72.8 Å². The fraction of sp³-hybridized carbons (Fsp3) is 0.211. The van der Waals surface area contributed by atoms with Crippen molar-refractivity contribution in [3.8, 4) is 6.07 Å². The van der Waals surface area contributed by atoms with Gasteiger partial charge in [-0.2, -0.15) is 5.26 Å². The Hall–Kier alpha value is -2.33. The second-order valence-electron chi connectivity index (χ2n) is 5.31. The van der Waals surface area contributed by atoms with Crippen LogP contribution < -0.4 is 0 Å². The Morgan fingerprint density at radius 1 is 0.800 bits per heavy atom. The Bertz CT molecular complexity index is 622. The van der Waals surface area contributed by atoms with Crippen LogP contribution in [0.5, 0.6) is 0 Å². The van der Waals surface area contributed by atoms with E-state index in [1.165, 1.54) is 11.1 Å². The van der Waals surface area contributed by atoms with Gasteiger partial charge in [-0.3, -0.25) is 0 Å². The molecule has 0 saturated carbocycles. The molecule has 0 amide bonds. The molecule has 0 fully saturated rings. The van der Waals surface area contributed by atoms with Crippen molar-refractivity contribution in [2.75, 3.05) is 0 Å². The van der Waals surface area contributed by atoms with Gasteiger partial charge in [0.25, 0.3) is 0 Å². The topological polar surface area (TPSA) is 23.8 Å². The highest BCUT2D eigenvalue weighted by atomic mass is 14.4. The first-order valence-corrected chi connectivity index (χ1v) is 7.06. The van der Waals surface area contributed by atoms with Crippen LogP contribution in [0, 0.1) is 17.2 Å². The molecule has 3 rings (SSSR count). The first-order chi connectivity index (χ1) is 9.88. The summed E-state index contributed by atoms with van der Waals surface area (Å²) in [7, 11) is 0. The van der Waals surface area contributed by atoms with Gasteiger partial charge in [-0.15, -0.1) is 0 Å². The molecule has 0 spiro atoms. The van der Waals surface area contributed by atoms with Crippen LogP contribution in [0.4, 0.5) is 0 Å². The van der Waals surface area contributed by atoms with Crippen LogP contribution in [0.15, 0.2) is 72.8 Å². The SMILES string of the molecule is N#CC1CC(c2ccccc2)C=CC1c1ccccc1. The lowest BCUT2D eigenvalue weighted by atomic mass is 9.74. The maximum Gasteiger partial charge on any atom is 0.0665 e. The third-order valence-electron chi connectivity index (χ3n) is 4.07. The van der Waals surface area contributed by atoms with Crippen molar-refractivity contribution in [3.63, 3.8) is 0 Å². The van der Waals surface area contributed by atoms with E-state index in [9.17, 15) is 5.26 Å². The Morgan fingerprint density at radius 2 is 1.40 bits per heavy atom. The van der Waals surface area contributed by atoms with Gasteiger partial charge in [0.15, 0.2) is 0 Å². The fourth-order valence-corrected chi connectivity index (χ4v) is 2.99. The molecule has 0 bridgehead atoms. The molecular formula is C19H17N. The van der Waals surface area contributed by atoms with Crippen molar-refractivity contribution in [1.82, 2.24) is 0 Å². The van der Waals surface area contributed by atoms with Gasteiger partial charge < -0.3 is 0 Å². The monoisotopic (exact) mass is 259 g/mol. The molecule has 1 aliphatic carbocycles. The molecule has 0 radical (unpaired) electrons. The number of allylic oxidation sites excluding steroid dienone is 2. The van der Waals surface area contributed by atoms with Crippen LogP contribution >= 0.6 is 0 Å². The number of rotatable bonds is 2. The quantitative estimate of drug-likeness (QED) is 0.720. The number of hydrogen-bond donors (Lipinski definition) is 0. The second kappa shape index (κ2) is 5.75. The summed E-state index contributed by atoms with van der Waals surface area (Å²) in [6.45, 7) is 0. The van der Waals surface area contributed by atoms with Crippen LogP contribution in [-0.2, 0) is 0 Å². The highest BCUT2D eigenvalue weighted by Crippen LogP contribution is 2.39. The molecule has 98 valence electrons. The summed E-state index contributed by atoms with van der Waals surface area (Å²) in [4.78, 5) is 0. The molecule has 1 nitrogen and oxygen atoms in total. The van der Waals surface area contributed by atoms with Gasteiger partial charge in [0.2, 0.25) is 0 Å². The van der Waals surface area contributed by atoms with Crippen molar-refractivity contribution in [2.24, 2.45) is 5.92 Å². The molecule has 0 aliphatic heterocycles. The number of benzene rings is 2. The predicted octanol–water partition coefficient (Wildman–Crippen LogP) is 4.65. The van der Waals surface area contributed by atoms with Gasteiger partial charge in [-0.25, -0.2) is 0 Å². The third-order valence-corrected chi connectivity index (χ3v) is 4.07.